The maximum atomic E-state index is 13.4. The summed E-state index contributed by atoms with van der Waals surface area (Å²) in [6.07, 6.45) is 1.03. The van der Waals surface area contributed by atoms with Gasteiger partial charge in [-0.1, -0.05) is 45.8 Å². The Morgan fingerprint density at radius 1 is 1.06 bits per heavy atom. The van der Waals surface area contributed by atoms with Crippen LogP contribution < -0.4 is 0 Å². The highest BCUT2D eigenvalue weighted by Crippen LogP contribution is 2.23. The largest absolute Gasteiger partial charge is 0.466 e. The topological polar surface area (TPSA) is 84.0 Å². The van der Waals surface area contributed by atoms with Crippen LogP contribution in [-0.2, 0) is 30.9 Å². The van der Waals surface area contributed by atoms with E-state index in [1.54, 1.807) is 36.1 Å². The lowest BCUT2D eigenvalue weighted by Gasteiger charge is -2.32. The predicted molar refractivity (Wildman–Crippen MR) is 129 cm³/mol. The first-order valence-electron chi connectivity index (χ1n) is 11.0. The summed E-state index contributed by atoms with van der Waals surface area (Å²) < 4.78 is 34.1. The van der Waals surface area contributed by atoms with Gasteiger partial charge in [0.15, 0.2) is 0 Å². The number of sulfonamides is 1. The zero-order valence-corrected chi connectivity index (χ0v) is 21.3. The Bertz CT molecular complexity index is 1060. The zero-order chi connectivity index (χ0) is 24.0. The van der Waals surface area contributed by atoms with Gasteiger partial charge in [0.2, 0.25) is 15.9 Å². The first-order chi connectivity index (χ1) is 15.7. The Hall–Kier alpha value is -2.23. The highest BCUT2D eigenvalue weighted by molar-refractivity contribution is 9.10. The molecule has 7 nitrogen and oxygen atoms in total. The molecule has 178 valence electrons. The Kier molecular flexibility index (Phi) is 8.67. The number of aryl methyl sites for hydroxylation is 1. The maximum Gasteiger partial charge on any atom is 0.309 e. The Labute approximate surface area is 203 Å². The van der Waals surface area contributed by atoms with Crippen molar-refractivity contribution in [3.63, 3.8) is 0 Å². The number of esters is 1. The zero-order valence-electron chi connectivity index (χ0n) is 18.9. The lowest BCUT2D eigenvalue weighted by atomic mass is 9.97. The molecule has 0 saturated carbocycles. The van der Waals surface area contributed by atoms with Gasteiger partial charge in [-0.25, -0.2) is 8.42 Å². The maximum absolute atomic E-state index is 13.4. The minimum atomic E-state index is -3.89. The van der Waals surface area contributed by atoms with Crippen molar-refractivity contribution in [3.8, 4) is 0 Å². The summed E-state index contributed by atoms with van der Waals surface area (Å²) in [6, 6.07) is 14.0. The number of amides is 1. The summed E-state index contributed by atoms with van der Waals surface area (Å²) >= 11 is 3.39. The lowest BCUT2D eigenvalue weighted by Crippen LogP contribution is -2.46. The van der Waals surface area contributed by atoms with Crippen LogP contribution in [0.2, 0.25) is 0 Å². The van der Waals surface area contributed by atoms with Crippen molar-refractivity contribution >= 4 is 37.8 Å². The van der Waals surface area contributed by atoms with Gasteiger partial charge in [-0.15, -0.1) is 0 Å². The van der Waals surface area contributed by atoms with E-state index in [1.165, 1.54) is 4.31 Å². The van der Waals surface area contributed by atoms with Crippen LogP contribution in [0.25, 0.3) is 0 Å². The molecule has 0 aliphatic carbocycles. The third-order valence-corrected chi connectivity index (χ3v) is 8.04. The highest BCUT2D eigenvalue weighted by atomic mass is 79.9. The van der Waals surface area contributed by atoms with Crippen LogP contribution >= 0.6 is 15.9 Å². The average Bonchev–Trinajstić information content (AvgIpc) is 2.80. The van der Waals surface area contributed by atoms with Gasteiger partial charge in [-0.3, -0.25) is 9.59 Å². The molecule has 0 unspecified atom stereocenters. The van der Waals surface area contributed by atoms with Crippen molar-refractivity contribution in [2.24, 2.45) is 5.92 Å². The van der Waals surface area contributed by atoms with Crippen molar-refractivity contribution in [1.29, 1.82) is 0 Å². The van der Waals surface area contributed by atoms with Crippen molar-refractivity contribution in [3.05, 3.63) is 64.1 Å². The van der Waals surface area contributed by atoms with E-state index in [1.807, 2.05) is 31.2 Å². The van der Waals surface area contributed by atoms with E-state index in [4.69, 9.17) is 4.74 Å². The van der Waals surface area contributed by atoms with Gasteiger partial charge in [-0.2, -0.15) is 4.31 Å². The van der Waals surface area contributed by atoms with Crippen molar-refractivity contribution < 1.29 is 22.7 Å². The van der Waals surface area contributed by atoms with Crippen LogP contribution in [0.1, 0.15) is 30.9 Å². The van der Waals surface area contributed by atoms with E-state index in [2.05, 4.69) is 15.9 Å². The first kappa shape index (κ1) is 25.4. The molecule has 0 N–H and O–H groups in total. The number of rotatable bonds is 8. The molecule has 0 aromatic heterocycles. The highest BCUT2D eigenvalue weighted by Gasteiger charge is 2.32. The molecular weight excluding hydrogens is 508 g/mol. The number of nitrogens with zero attached hydrogens (tertiary/aromatic N) is 2. The normalized spacial score (nSPS) is 15.0. The molecule has 2 aromatic rings. The fraction of sp³-hybridized carbons (Fsp3) is 0.417. The molecule has 1 heterocycles. The summed E-state index contributed by atoms with van der Waals surface area (Å²) in [5, 5.41) is 0. The fourth-order valence-electron chi connectivity index (χ4n) is 3.75. The fourth-order valence-corrected chi connectivity index (χ4v) is 5.40. The molecule has 0 spiro atoms. The Morgan fingerprint density at radius 3 is 2.24 bits per heavy atom. The standard InChI is InChI=1S/C24H29BrN2O5S/c1-3-32-24(29)20-12-14-26(15-13-20)23(28)17-27(16-19-6-8-21(25)9-7-19)33(30,31)22-10-4-18(2)5-11-22/h4-11,20H,3,12-17H2,1-2H3. The van der Waals surface area contributed by atoms with E-state index in [-0.39, 0.29) is 35.8 Å². The quantitative estimate of drug-likeness (QED) is 0.479. The van der Waals surface area contributed by atoms with Gasteiger partial charge >= 0.3 is 5.97 Å². The van der Waals surface area contributed by atoms with Crippen LogP contribution in [0, 0.1) is 12.8 Å². The molecule has 3 rings (SSSR count). The third kappa shape index (κ3) is 6.65. The summed E-state index contributed by atoms with van der Waals surface area (Å²) in [7, 11) is -3.89. The second-order valence-corrected chi connectivity index (χ2v) is 11.0. The molecule has 0 bridgehead atoms. The van der Waals surface area contributed by atoms with Gasteiger partial charge in [0.25, 0.3) is 0 Å². The van der Waals surface area contributed by atoms with Crippen molar-refractivity contribution in [1.82, 2.24) is 9.21 Å². The molecule has 1 saturated heterocycles. The van der Waals surface area contributed by atoms with Crippen LogP contribution in [-0.4, -0.2) is 55.7 Å². The van der Waals surface area contributed by atoms with Crippen molar-refractivity contribution in [2.45, 2.75) is 38.1 Å². The number of benzene rings is 2. The summed E-state index contributed by atoms with van der Waals surface area (Å²) in [6.45, 7) is 4.60. The number of halogens is 1. The van der Waals surface area contributed by atoms with E-state index in [9.17, 15) is 18.0 Å². The van der Waals surface area contributed by atoms with E-state index < -0.39 is 10.0 Å². The second kappa shape index (κ2) is 11.3. The molecule has 1 aliphatic heterocycles. The van der Waals surface area contributed by atoms with Crippen LogP contribution in [0.3, 0.4) is 0 Å². The number of likely N-dealkylation sites (tertiary alicyclic amines) is 1. The number of carbonyl (C=O) groups excluding carboxylic acids is 2. The van der Waals surface area contributed by atoms with E-state index in [0.29, 0.717) is 32.5 Å². The molecule has 1 amide bonds. The number of piperidine rings is 1. The molecule has 0 atom stereocenters. The number of hydrogen-bond acceptors (Lipinski definition) is 5. The van der Waals surface area contributed by atoms with Gasteiger partial charge < -0.3 is 9.64 Å². The van der Waals surface area contributed by atoms with Crippen LogP contribution in [0.5, 0.6) is 0 Å². The van der Waals surface area contributed by atoms with E-state index in [0.717, 1.165) is 15.6 Å². The SMILES string of the molecule is CCOC(=O)C1CCN(C(=O)CN(Cc2ccc(Br)cc2)S(=O)(=O)c2ccc(C)cc2)CC1. The molecule has 9 heteroatoms. The average molecular weight is 537 g/mol. The third-order valence-electron chi connectivity index (χ3n) is 5.71. The lowest BCUT2D eigenvalue weighted by molar-refractivity contribution is -0.151. The number of ether oxygens (including phenoxy) is 1. The second-order valence-electron chi connectivity index (χ2n) is 8.12. The van der Waals surface area contributed by atoms with Crippen molar-refractivity contribution in [2.75, 3.05) is 26.2 Å². The summed E-state index contributed by atoms with van der Waals surface area (Å²) in [4.78, 5) is 26.8. The van der Waals surface area contributed by atoms with Gasteiger partial charge in [0.1, 0.15) is 0 Å². The summed E-state index contributed by atoms with van der Waals surface area (Å²) in [5.74, 6) is -0.724. The minimum absolute atomic E-state index is 0.0779. The molecule has 2 aromatic carbocycles. The Morgan fingerprint density at radius 2 is 1.67 bits per heavy atom. The number of hydrogen-bond donors (Lipinski definition) is 0. The summed E-state index contributed by atoms with van der Waals surface area (Å²) in [5.41, 5.74) is 1.73. The smallest absolute Gasteiger partial charge is 0.309 e. The van der Waals surface area contributed by atoms with Gasteiger partial charge in [0.05, 0.1) is 24.0 Å². The predicted octanol–water partition coefficient (Wildman–Crippen LogP) is 3.75. The molecule has 1 aliphatic rings. The molecule has 1 fully saturated rings. The monoisotopic (exact) mass is 536 g/mol. The minimum Gasteiger partial charge on any atom is -0.466 e. The van der Waals surface area contributed by atoms with Crippen LogP contribution in [0.15, 0.2) is 57.9 Å². The van der Waals surface area contributed by atoms with E-state index >= 15 is 0 Å². The first-order valence-corrected chi connectivity index (χ1v) is 13.2. The van der Waals surface area contributed by atoms with Crippen LogP contribution in [0.4, 0.5) is 0 Å². The molecule has 0 radical (unpaired) electrons. The van der Waals surface area contributed by atoms with Gasteiger partial charge in [-0.05, 0) is 56.5 Å². The Balaban J connectivity index is 1.76. The van der Waals surface area contributed by atoms with Gasteiger partial charge in [0, 0.05) is 24.1 Å². The number of carbonyl (C=O) groups is 2. The molecular formula is C24H29BrN2O5S. The molecule has 33 heavy (non-hydrogen) atoms.